The summed E-state index contributed by atoms with van der Waals surface area (Å²) in [6, 6.07) is 8.57. The predicted octanol–water partition coefficient (Wildman–Crippen LogP) is 3.71. The molecule has 5 rings (SSSR count). The quantitative estimate of drug-likeness (QED) is 0.639. The second-order valence-electron chi connectivity index (χ2n) is 8.93. The number of ether oxygens (including phenoxy) is 2. The first kappa shape index (κ1) is 22.0. The minimum absolute atomic E-state index is 0.480. The number of piperidine rings is 1. The number of nitrogens with one attached hydrogen (secondary N) is 2. The maximum Gasteiger partial charge on any atom is 0.232 e. The van der Waals surface area contributed by atoms with E-state index in [4.69, 9.17) is 31.7 Å². The van der Waals surface area contributed by atoms with Gasteiger partial charge in [-0.3, -0.25) is 0 Å². The van der Waals surface area contributed by atoms with Crippen LogP contribution in [0.1, 0.15) is 44.6 Å². The van der Waals surface area contributed by atoms with Crippen LogP contribution >= 0.6 is 12.2 Å². The molecule has 0 radical (unpaired) electrons. The van der Waals surface area contributed by atoms with Crippen LogP contribution in [0.2, 0.25) is 0 Å². The predicted molar refractivity (Wildman–Crippen MR) is 135 cm³/mol. The molecule has 33 heavy (non-hydrogen) atoms. The van der Waals surface area contributed by atoms with Crippen LogP contribution in [0, 0.1) is 0 Å². The Hall–Kier alpha value is -2.81. The summed E-state index contributed by atoms with van der Waals surface area (Å²) < 4.78 is 11.3. The molecule has 0 spiro atoms. The summed E-state index contributed by atoms with van der Waals surface area (Å²) in [6.07, 6.45) is 6.09. The van der Waals surface area contributed by atoms with Crippen molar-refractivity contribution in [3.63, 3.8) is 0 Å². The van der Waals surface area contributed by atoms with E-state index in [1.165, 1.54) is 32.1 Å². The molecule has 176 valence electrons. The smallest absolute Gasteiger partial charge is 0.232 e. The van der Waals surface area contributed by atoms with Gasteiger partial charge in [0.25, 0.3) is 0 Å². The third-order valence-corrected chi connectivity index (χ3v) is 6.76. The number of anilines is 3. The summed E-state index contributed by atoms with van der Waals surface area (Å²) in [5, 5.41) is 6.99. The minimum Gasteiger partial charge on any atom is -0.486 e. The molecular weight excluding hydrogens is 436 g/mol. The zero-order chi connectivity index (χ0) is 22.6. The summed E-state index contributed by atoms with van der Waals surface area (Å²) in [5.41, 5.74) is 1.07. The van der Waals surface area contributed by atoms with Crippen LogP contribution in [-0.4, -0.2) is 54.0 Å². The Morgan fingerprint density at radius 1 is 1.00 bits per heavy atom. The van der Waals surface area contributed by atoms with Gasteiger partial charge in [-0.05, 0) is 68.9 Å². The van der Waals surface area contributed by atoms with Crippen molar-refractivity contribution in [1.29, 1.82) is 0 Å². The first-order valence-electron chi connectivity index (χ1n) is 12.0. The molecule has 9 heteroatoms. The fourth-order valence-electron chi connectivity index (χ4n) is 4.70. The molecular formula is C24H32N6O2S. The van der Waals surface area contributed by atoms with Gasteiger partial charge in [-0.15, -0.1) is 0 Å². The molecule has 2 saturated heterocycles. The van der Waals surface area contributed by atoms with Crippen LogP contribution in [-0.2, 0) is 6.54 Å². The molecule has 2 fully saturated rings. The largest absolute Gasteiger partial charge is 0.486 e. The van der Waals surface area contributed by atoms with E-state index in [1.54, 1.807) is 0 Å². The van der Waals surface area contributed by atoms with Crippen molar-refractivity contribution >= 4 is 34.9 Å². The van der Waals surface area contributed by atoms with Gasteiger partial charge in [0.15, 0.2) is 16.6 Å². The number of benzene rings is 1. The number of nitrogens with zero attached hydrogens (tertiary/aromatic N) is 4. The van der Waals surface area contributed by atoms with Gasteiger partial charge in [-0.25, -0.2) is 0 Å². The van der Waals surface area contributed by atoms with Crippen molar-refractivity contribution in [2.75, 3.05) is 48.0 Å². The van der Waals surface area contributed by atoms with Crippen molar-refractivity contribution in [3.8, 4) is 11.5 Å². The van der Waals surface area contributed by atoms with Gasteiger partial charge in [0.05, 0.1) is 0 Å². The Balaban J connectivity index is 1.28. The standard InChI is InChI=1S/C24H32N6O2S/c1-17-6-2-3-11-30(17)22-15-21(29-9-4-5-10-29)26-23(27-22)28-24(33)25-16-18-7-8-19-20(14-18)32-13-12-31-19/h7-8,14-15,17H,2-6,9-13,16H2,1H3,(H2,25,26,27,28,33)/t17-/m1/s1. The monoisotopic (exact) mass is 468 g/mol. The lowest BCUT2D eigenvalue weighted by Crippen LogP contribution is -2.38. The normalized spacial score (nSPS) is 20.0. The number of thiocarbonyl (C=S) groups is 1. The lowest BCUT2D eigenvalue weighted by Gasteiger charge is -2.35. The maximum absolute atomic E-state index is 5.68. The first-order chi connectivity index (χ1) is 16.2. The zero-order valence-electron chi connectivity index (χ0n) is 19.2. The van der Waals surface area contributed by atoms with Gasteiger partial charge in [-0.2, -0.15) is 9.97 Å². The molecule has 0 aliphatic carbocycles. The Morgan fingerprint density at radius 3 is 2.58 bits per heavy atom. The highest BCUT2D eigenvalue weighted by Gasteiger charge is 2.23. The lowest BCUT2D eigenvalue weighted by molar-refractivity contribution is 0.171. The van der Waals surface area contributed by atoms with E-state index in [9.17, 15) is 0 Å². The third kappa shape index (κ3) is 5.24. The number of fused-ring (bicyclic) bond motifs is 1. The summed E-state index contributed by atoms with van der Waals surface area (Å²) in [5.74, 6) is 4.08. The van der Waals surface area contributed by atoms with Crippen molar-refractivity contribution in [3.05, 3.63) is 29.8 Å². The number of hydrogen-bond donors (Lipinski definition) is 2. The minimum atomic E-state index is 0.480. The third-order valence-electron chi connectivity index (χ3n) is 6.51. The average Bonchev–Trinajstić information content (AvgIpc) is 3.38. The van der Waals surface area contributed by atoms with Crippen LogP contribution in [0.4, 0.5) is 17.6 Å². The van der Waals surface area contributed by atoms with Crippen molar-refractivity contribution in [2.45, 2.75) is 51.6 Å². The Morgan fingerprint density at radius 2 is 1.76 bits per heavy atom. The van der Waals surface area contributed by atoms with Crippen molar-refractivity contribution < 1.29 is 9.47 Å². The van der Waals surface area contributed by atoms with Crippen molar-refractivity contribution in [2.24, 2.45) is 0 Å². The van der Waals surface area contributed by atoms with Crippen LogP contribution in [0.3, 0.4) is 0 Å². The van der Waals surface area contributed by atoms with Gasteiger partial charge in [0, 0.05) is 38.3 Å². The molecule has 1 aromatic carbocycles. The first-order valence-corrected chi connectivity index (χ1v) is 12.4. The molecule has 0 amide bonds. The Labute approximate surface area is 200 Å². The van der Waals surface area contributed by atoms with E-state index in [0.29, 0.717) is 36.9 Å². The second-order valence-corrected chi connectivity index (χ2v) is 9.33. The van der Waals surface area contributed by atoms with Gasteiger partial charge >= 0.3 is 0 Å². The molecule has 1 atom stereocenters. The number of aromatic nitrogens is 2. The molecule has 0 saturated carbocycles. The van der Waals surface area contributed by atoms with E-state index < -0.39 is 0 Å². The SMILES string of the molecule is C[C@@H]1CCCCN1c1cc(N2CCCC2)nc(NC(=S)NCc2ccc3c(c2)OCCO3)n1. The Kier molecular flexibility index (Phi) is 6.66. The highest BCUT2D eigenvalue weighted by molar-refractivity contribution is 7.80. The van der Waals surface area contributed by atoms with E-state index in [0.717, 1.165) is 48.3 Å². The molecule has 8 nitrogen and oxygen atoms in total. The van der Waals surface area contributed by atoms with E-state index in [-0.39, 0.29) is 0 Å². The number of rotatable bonds is 5. The fourth-order valence-corrected chi connectivity index (χ4v) is 4.86. The zero-order valence-corrected chi connectivity index (χ0v) is 20.0. The molecule has 0 bridgehead atoms. The molecule has 3 aliphatic heterocycles. The van der Waals surface area contributed by atoms with Gasteiger partial charge in [0.1, 0.15) is 24.8 Å². The molecule has 1 aromatic heterocycles. The highest BCUT2D eigenvalue weighted by atomic mass is 32.1. The highest BCUT2D eigenvalue weighted by Crippen LogP contribution is 2.31. The van der Waals surface area contributed by atoms with E-state index in [2.05, 4.69) is 33.4 Å². The second kappa shape index (κ2) is 9.99. The Bertz CT molecular complexity index is 997. The molecule has 3 aliphatic rings. The molecule has 4 heterocycles. The van der Waals surface area contributed by atoms with Crippen LogP contribution in [0.25, 0.3) is 0 Å². The van der Waals surface area contributed by atoms with E-state index >= 15 is 0 Å². The maximum atomic E-state index is 5.68. The fraction of sp³-hybridized carbons (Fsp3) is 0.542. The number of hydrogen-bond acceptors (Lipinski definition) is 7. The summed E-state index contributed by atoms with van der Waals surface area (Å²) in [6.45, 7) is 7.13. The van der Waals surface area contributed by atoms with E-state index in [1.807, 2.05) is 18.2 Å². The van der Waals surface area contributed by atoms with Crippen LogP contribution in [0.15, 0.2) is 24.3 Å². The topological polar surface area (TPSA) is 74.8 Å². The van der Waals surface area contributed by atoms with Gasteiger partial charge < -0.3 is 29.9 Å². The summed E-state index contributed by atoms with van der Waals surface area (Å²) in [7, 11) is 0. The molecule has 0 unspecified atom stereocenters. The van der Waals surface area contributed by atoms with Gasteiger partial charge in [-0.1, -0.05) is 6.07 Å². The van der Waals surface area contributed by atoms with Crippen LogP contribution < -0.4 is 29.9 Å². The molecule has 2 aromatic rings. The average molecular weight is 469 g/mol. The summed E-state index contributed by atoms with van der Waals surface area (Å²) >= 11 is 5.57. The van der Waals surface area contributed by atoms with Crippen molar-refractivity contribution in [1.82, 2.24) is 15.3 Å². The lowest BCUT2D eigenvalue weighted by atomic mass is 10.0. The van der Waals surface area contributed by atoms with Gasteiger partial charge in [0.2, 0.25) is 5.95 Å². The summed E-state index contributed by atoms with van der Waals surface area (Å²) in [4.78, 5) is 14.4. The molecule has 2 N–H and O–H groups in total. The van der Waals surface area contributed by atoms with Crippen LogP contribution in [0.5, 0.6) is 11.5 Å².